The molecule has 0 heterocycles. The van der Waals surface area contributed by atoms with Crippen LogP contribution in [0.15, 0.2) is 54.6 Å². The number of carbonyl (C=O) groups is 1. The molecule has 0 aliphatic heterocycles. The first-order valence-electron chi connectivity index (χ1n) is 5.62. The minimum Gasteiger partial charge on any atom is -0.478 e. The molecule has 0 atom stereocenters. The third-order valence-electron chi connectivity index (χ3n) is 2.75. The molecule has 0 saturated carbocycles. The van der Waals surface area contributed by atoms with Gasteiger partial charge in [0.05, 0.1) is 5.56 Å². The van der Waals surface area contributed by atoms with Gasteiger partial charge in [0.2, 0.25) is 0 Å². The molecule has 0 spiro atoms. The average molecular weight is 263 g/mol. The van der Waals surface area contributed by atoms with Crippen LogP contribution in [0.2, 0.25) is 0 Å². The summed E-state index contributed by atoms with van der Waals surface area (Å²) in [6.45, 7) is 0. The molecule has 0 bridgehead atoms. The summed E-state index contributed by atoms with van der Waals surface area (Å²) in [5.41, 5.74) is 2.81. The van der Waals surface area contributed by atoms with Crippen molar-refractivity contribution in [3.63, 3.8) is 0 Å². The number of hydrogen-bond acceptors (Lipinski definition) is 1. The van der Waals surface area contributed by atoms with Gasteiger partial charge in [0, 0.05) is 0 Å². The molecule has 2 nitrogen and oxygen atoms in total. The van der Waals surface area contributed by atoms with Gasteiger partial charge < -0.3 is 5.11 Å². The first kappa shape index (κ1) is 14.3. The average Bonchev–Trinajstić information content (AvgIpc) is 2.38. The van der Waals surface area contributed by atoms with Crippen LogP contribution in [0.5, 0.6) is 0 Å². The molecule has 18 heavy (non-hydrogen) atoms. The summed E-state index contributed by atoms with van der Waals surface area (Å²) in [5.74, 6) is -0.875. The summed E-state index contributed by atoms with van der Waals surface area (Å²) < 4.78 is 0. The number of rotatable bonds is 4. The third kappa shape index (κ3) is 3.90. The zero-order chi connectivity index (χ0) is 12.1. The molecule has 0 fully saturated rings. The van der Waals surface area contributed by atoms with E-state index in [2.05, 4.69) is 12.1 Å². The SMILES string of the molecule is Cl.O=C(O)c1ccc(CCc2ccccc2)cc1. The van der Waals surface area contributed by atoms with Crippen molar-refractivity contribution >= 4 is 18.4 Å². The summed E-state index contributed by atoms with van der Waals surface area (Å²) in [6.07, 6.45) is 1.91. The quantitative estimate of drug-likeness (QED) is 0.914. The van der Waals surface area contributed by atoms with Crippen LogP contribution in [0.25, 0.3) is 0 Å². The summed E-state index contributed by atoms with van der Waals surface area (Å²) in [4.78, 5) is 10.7. The molecule has 0 radical (unpaired) electrons. The van der Waals surface area contributed by atoms with Crippen molar-refractivity contribution in [2.45, 2.75) is 12.8 Å². The van der Waals surface area contributed by atoms with E-state index in [9.17, 15) is 4.79 Å². The Balaban J connectivity index is 0.00000162. The lowest BCUT2D eigenvalue weighted by Crippen LogP contribution is -1.97. The lowest BCUT2D eigenvalue weighted by atomic mass is 10.0. The summed E-state index contributed by atoms with van der Waals surface area (Å²) >= 11 is 0. The zero-order valence-corrected chi connectivity index (χ0v) is 10.7. The third-order valence-corrected chi connectivity index (χ3v) is 2.75. The van der Waals surface area contributed by atoms with E-state index in [1.165, 1.54) is 11.1 Å². The van der Waals surface area contributed by atoms with E-state index < -0.39 is 5.97 Å². The van der Waals surface area contributed by atoms with Crippen LogP contribution in [0.4, 0.5) is 0 Å². The van der Waals surface area contributed by atoms with Crippen molar-refractivity contribution < 1.29 is 9.90 Å². The minimum atomic E-state index is -0.875. The maximum absolute atomic E-state index is 10.7. The summed E-state index contributed by atoms with van der Waals surface area (Å²) in [5, 5.41) is 8.78. The Hall–Kier alpha value is -1.80. The Morgan fingerprint density at radius 1 is 0.833 bits per heavy atom. The van der Waals surface area contributed by atoms with Crippen molar-refractivity contribution in [1.82, 2.24) is 0 Å². The van der Waals surface area contributed by atoms with Crippen LogP contribution < -0.4 is 0 Å². The van der Waals surface area contributed by atoms with Crippen molar-refractivity contribution in [1.29, 1.82) is 0 Å². The molecular formula is C15H15ClO2. The lowest BCUT2D eigenvalue weighted by molar-refractivity contribution is 0.0697. The molecule has 2 rings (SSSR count). The molecule has 94 valence electrons. The van der Waals surface area contributed by atoms with Crippen molar-refractivity contribution in [3.05, 3.63) is 71.3 Å². The fourth-order valence-corrected chi connectivity index (χ4v) is 1.75. The Labute approximate surface area is 113 Å². The molecule has 0 aliphatic rings. The number of aryl methyl sites for hydroxylation is 2. The van der Waals surface area contributed by atoms with Gasteiger partial charge in [-0.15, -0.1) is 12.4 Å². The highest BCUT2D eigenvalue weighted by Crippen LogP contribution is 2.09. The van der Waals surface area contributed by atoms with Gasteiger partial charge in [0.25, 0.3) is 0 Å². The first-order chi connectivity index (χ1) is 8.25. The van der Waals surface area contributed by atoms with Gasteiger partial charge in [-0.2, -0.15) is 0 Å². The normalized spacial score (nSPS) is 9.56. The first-order valence-corrected chi connectivity index (χ1v) is 5.62. The van der Waals surface area contributed by atoms with Crippen molar-refractivity contribution in [2.24, 2.45) is 0 Å². The molecular weight excluding hydrogens is 248 g/mol. The van der Waals surface area contributed by atoms with Crippen LogP contribution in [0.1, 0.15) is 21.5 Å². The van der Waals surface area contributed by atoms with E-state index in [0.717, 1.165) is 12.8 Å². The van der Waals surface area contributed by atoms with Crippen LogP contribution in [-0.4, -0.2) is 11.1 Å². The van der Waals surface area contributed by atoms with Gasteiger partial charge in [0.15, 0.2) is 0 Å². The summed E-state index contributed by atoms with van der Waals surface area (Å²) in [6, 6.07) is 17.3. The standard InChI is InChI=1S/C15H14O2.ClH/c16-15(17)14-10-8-13(9-11-14)7-6-12-4-2-1-3-5-12;/h1-5,8-11H,6-7H2,(H,16,17);1H. The fraction of sp³-hybridized carbons (Fsp3) is 0.133. The van der Waals surface area contributed by atoms with Crippen molar-refractivity contribution in [3.8, 4) is 0 Å². The number of benzene rings is 2. The predicted octanol–water partition coefficient (Wildman–Crippen LogP) is 3.59. The second-order valence-corrected chi connectivity index (χ2v) is 3.99. The highest BCUT2D eigenvalue weighted by molar-refractivity contribution is 5.87. The maximum Gasteiger partial charge on any atom is 0.335 e. The molecule has 2 aromatic carbocycles. The highest BCUT2D eigenvalue weighted by Gasteiger charge is 2.01. The minimum absolute atomic E-state index is 0. The van der Waals surface area contributed by atoms with Crippen LogP contribution in [-0.2, 0) is 12.8 Å². The molecule has 2 aromatic rings. The Morgan fingerprint density at radius 3 is 1.83 bits per heavy atom. The highest BCUT2D eigenvalue weighted by atomic mass is 35.5. The van der Waals surface area contributed by atoms with E-state index in [1.54, 1.807) is 12.1 Å². The smallest absolute Gasteiger partial charge is 0.335 e. The lowest BCUT2D eigenvalue weighted by Gasteiger charge is -2.02. The number of halogens is 1. The number of aromatic carboxylic acids is 1. The number of carboxylic acid groups (broad SMARTS) is 1. The second kappa shape index (κ2) is 6.82. The van der Waals surface area contributed by atoms with Crippen LogP contribution in [0.3, 0.4) is 0 Å². The predicted molar refractivity (Wildman–Crippen MR) is 74.5 cm³/mol. The Kier molecular flexibility index (Phi) is 5.40. The van der Waals surface area contributed by atoms with E-state index in [1.807, 2.05) is 30.3 Å². The maximum atomic E-state index is 10.7. The molecule has 0 aliphatic carbocycles. The Morgan fingerprint density at radius 2 is 1.33 bits per heavy atom. The number of carboxylic acids is 1. The van der Waals surface area contributed by atoms with Gasteiger partial charge in [-0.25, -0.2) is 4.79 Å². The molecule has 0 aromatic heterocycles. The zero-order valence-electron chi connectivity index (χ0n) is 9.87. The topological polar surface area (TPSA) is 37.3 Å². The van der Waals surface area contributed by atoms with Gasteiger partial charge in [-0.3, -0.25) is 0 Å². The number of hydrogen-bond donors (Lipinski definition) is 1. The van der Waals surface area contributed by atoms with E-state index in [-0.39, 0.29) is 12.4 Å². The van der Waals surface area contributed by atoms with E-state index in [4.69, 9.17) is 5.11 Å². The van der Waals surface area contributed by atoms with Gasteiger partial charge in [0.1, 0.15) is 0 Å². The largest absolute Gasteiger partial charge is 0.478 e. The summed E-state index contributed by atoms with van der Waals surface area (Å²) in [7, 11) is 0. The van der Waals surface area contributed by atoms with Crippen LogP contribution in [0, 0.1) is 0 Å². The monoisotopic (exact) mass is 262 g/mol. The van der Waals surface area contributed by atoms with Gasteiger partial charge in [-0.1, -0.05) is 42.5 Å². The fourth-order valence-electron chi connectivity index (χ4n) is 1.75. The molecule has 1 N–H and O–H groups in total. The van der Waals surface area contributed by atoms with Gasteiger partial charge in [-0.05, 0) is 36.1 Å². The Bertz CT molecular complexity index is 492. The van der Waals surface area contributed by atoms with Gasteiger partial charge >= 0.3 is 5.97 Å². The van der Waals surface area contributed by atoms with E-state index >= 15 is 0 Å². The second-order valence-electron chi connectivity index (χ2n) is 3.99. The molecule has 0 unspecified atom stereocenters. The molecule has 0 amide bonds. The van der Waals surface area contributed by atoms with Crippen molar-refractivity contribution in [2.75, 3.05) is 0 Å². The van der Waals surface area contributed by atoms with Crippen LogP contribution >= 0.6 is 12.4 Å². The molecule has 0 saturated heterocycles. The van der Waals surface area contributed by atoms with E-state index in [0.29, 0.717) is 5.56 Å². The molecule has 3 heteroatoms.